The van der Waals surface area contributed by atoms with E-state index in [2.05, 4.69) is 249 Å². The SMILES string of the molecule is c1ccc(-c2cc(-c3ccccc3)cc(-c3ccc(-c4nc(-c5ccc6c(c5)C(c5ccccc5)(c5ccccc5)c5ccccc5-6)nc(-c5cccc6ccccc56)n4)cc3)c2)cc1. The maximum atomic E-state index is 5.34. The van der Waals surface area contributed by atoms with Gasteiger partial charge in [-0.2, -0.15) is 0 Å². The molecular weight excluding hydrogens is 787 g/mol. The van der Waals surface area contributed by atoms with Crippen molar-refractivity contribution in [3.63, 3.8) is 0 Å². The van der Waals surface area contributed by atoms with Crippen LogP contribution in [0.2, 0.25) is 0 Å². The Kier molecular flexibility index (Phi) is 9.39. The number of hydrogen-bond acceptors (Lipinski definition) is 3. The van der Waals surface area contributed by atoms with E-state index in [9.17, 15) is 0 Å². The predicted molar refractivity (Wildman–Crippen MR) is 267 cm³/mol. The average molecular weight is 828 g/mol. The van der Waals surface area contributed by atoms with Gasteiger partial charge >= 0.3 is 0 Å². The molecule has 304 valence electrons. The Morgan fingerprint density at radius 1 is 0.246 bits per heavy atom. The number of nitrogens with zero attached hydrogens (tertiary/aromatic N) is 3. The number of aromatic nitrogens is 3. The van der Waals surface area contributed by atoms with Gasteiger partial charge in [0.2, 0.25) is 0 Å². The topological polar surface area (TPSA) is 38.7 Å². The van der Waals surface area contributed by atoms with Gasteiger partial charge in [-0.05, 0) is 102 Å². The van der Waals surface area contributed by atoms with E-state index in [0.717, 1.165) is 38.6 Å². The van der Waals surface area contributed by atoms with Crippen LogP contribution < -0.4 is 0 Å². The van der Waals surface area contributed by atoms with Crippen molar-refractivity contribution in [2.24, 2.45) is 0 Å². The molecule has 3 nitrogen and oxygen atoms in total. The Morgan fingerprint density at radius 3 is 1.31 bits per heavy atom. The monoisotopic (exact) mass is 827 g/mol. The second-order valence-corrected chi connectivity index (χ2v) is 16.7. The van der Waals surface area contributed by atoms with Gasteiger partial charge in [0.05, 0.1) is 5.41 Å². The molecule has 1 aromatic heterocycles. The van der Waals surface area contributed by atoms with Crippen molar-refractivity contribution in [2.45, 2.75) is 5.41 Å². The molecule has 0 radical (unpaired) electrons. The van der Waals surface area contributed by atoms with Gasteiger partial charge in [-0.25, -0.2) is 15.0 Å². The molecule has 0 saturated carbocycles. The van der Waals surface area contributed by atoms with Gasteiger partial charge in [0, 0.05) is 16.7 Å². The zero-order chi connectivity index (χ0) is 43.2. The van der Waals surface area contributed by atoms with Crippen LogP contribution in [0.1, 0.15) is 22.3 Å². The quantitative estimate of drug-likeness (QED) is 0.153. The fraction of sp³-hybridized carbons (Fsp3) is 0.0161. The highest BCUT2D eigenvalue weighted by Crippen LogP contribution is 2.56. The molecule has 0 saturated heterocycles. The van der Waals surface area contributed by atoms with E-state index in [4.69, 9.17) is 15.0 Å². The molecule has 1 aliphatic carbocycles. The lowest BCUT2D eigenvalue weighted by atomic mass is 9.67. The molecule has 0 unspecified atom stereocenters. The highest BCUT2D eigenvalue weighted by Gasteiger charge is 2.46. The Balaban J connectivity index is 1.03. The number of fused-ring (bicyclic) bond motifs is 4. The van der Waals surface area contributed by atoms with Crippen molar-refractivity contribution in [1.82, 2.24) is 15.0 Å². The van der Waals surface area contributed by atoms with Crippen LogP contribution in [-0.4, -0.2) is 15.0 Å². The number of hydrogen-bond donors (Lipinski definition) is 0. The molecule has 0 aliphatic heterocycles. The number of benzene rings is 10. The van der Waals surface area contributed by atoms with Crippen LogP contribution in [0.5, 0.6) is 0 Å². The third kappa shape index (κ3) is 6.65. The highest BCUT2D eigenvalue weighted by molar-refractivity contribution is 5.96. The van der Waals surface area contributed by atoms with Crippen LogP contribution in [0, 0.1) is 0 Å². The Labute approximate surface area is 379 Å². The van der Waals surface area contributed by atoms with E-state index in [1.807, 2.05) is 0 Å². The fourth-order valence-electron chi connectivity index (χ4n) is 9.96. The molecule has 0 amide bonds. The maximum Gasteiger partial charge on any atom is 0.164 e. The normalized spacial score (nSPS) is 12.4. The molecule has 0 spiro atoms. The van der Waals surface area contributed by atoms with Crippen LogP contribution in [0.15, 0.2) is 249 Å². The van der Waals surface area contributed by atoms with E-state index in [-0.39, 0.29) is 0 Å². The second kappa shape index (κ2) is 16.0. The van der Waals surface area contributed by atoms with Crippen molar-refractivity contribution in [2.75, 3.05) is 0 Å². The second-order valence-electron chi connectivity index (χ2n) is 16.7. The Morgan fingerprint density at radius 2 is 0.677 bits per heavy atom. The third-order valence-corrected chi connectivity index (χ3v) is 13.0. The van der Waals surface area contributed by atoms with Gasteiger partial charge in [0.1, 0.15) is 0 Å². The van der Waals surface area contributed by atoms with Crippen LogP contribution in [0.4, 0.5) is 0 Å². The predicted octanol–water partition coefficient (Wildman–Crippen LogP) is 15.4. The molecule has 12 rings (SSSR count). The summed E-state index contributed by atoms with van der Waals surface area (Å²) in [5.74, 6) is 1.88. The summed E-state index contributed by atoms with van der Waals surface area (Å²) < 4.78 is 0. The largest absolute Gasteiger partial charge is 0.208 e. The molecule has 0 fully saturated rings. The summed E-state index contributed by atoms with van der Waals surface area (Å²) in [5.41, 5.74) is 16.6. The lowest BCUT2D eigenvalue weighted by molar-refractivity contribution is 0.768. The summed E-state index contributed by atoms with van der Waals surface area (Å²) in [5, 5.41) is 2.23. The van der Waals surface area contributed by atoms with E-state index in [0.29, 0.717) is 17.5 Å². The summed E-state index contributed by atoms with van der Waals surface area (Å²) in [6, 6.07) is 89.0. The van der Waals surface area contributed by atoms with Crippen LogP contribution in [0.25, 0.3) is 89.4 Å². The Hall–Kier alpha value is -8.53. The minimum Gasteiger partial charge on any atom is -0.208 e. The van der Waals surface area contributed by atoms with E-state index < -0.39 is 5.41 Å². The van der Waals surface area contributed by atoms with Gasteiger partial charge in [-0.3, -0.25) is 0 Å². The molecule has 1 heterocycles. The van der Waals surface area contributed by atoms with Crippen molar-refractivity contribution in [3.05, 3.63) is 271 Å². The third-order valence-electron chi connectivity index (χ3n) is 13.0. The smallest absolute Gasteiger partial charge is 0.164 e. The summed E-state index contributed by atoms with van der Waals surface area (Å²) in [4.78, 5) is 15.9. The van der Waals surface area contributed by atoms with E-state index in [1.165, 1.54) is 55.6 Å². The zero-order valence-corrected chi connectivity index (χ0v) is 35.5. The van der Waals surface area contributed by atoms with E-state index in [1.54, 1.807) is 0 Å². The summed E-state index contributed by atoms with van der Waals surface area (Å²) in [7, 11) is 0. The zero-order valence-electron chi connectivity index (χ0n) is 35.5. The first kappa shape index (κ1) is 38.2. The minimum atomic E-state index is -0.549. The van der Waals surface area contributed by atoms with Crippen molar-refractivity contribution < 1.29 is 0 Å². The molecule has 65 heavy (non-hydrogen) atoms. The molecule has 1 aliphatic rings. The van der Waals surface area contributed by atoms with Crippen LogP contribution in [0.3, 0.4) is 0 Å². The van der Waals surface area contributed by atoms with Gasteiger partial charge in [-0.1, -0.05) is 224 Å². The summed E-state index contributed by atoms with van der Waals surface area (Å²) in [6.45, 7) is 0. The molecule has 0 bridgehead atoms. The minimum absolute atomic E-state index is 0.549. The standard InChI is InChI=1S/C62H41N3/c1-5-18-42(19-6-1)48-38-49(43-20-7-2-8-21-43)40-50(39-48)44-32-34-46(35-33-44)59-63-60(65-61(64-59)56-30-17-23-45-22-13-14-28-53(45)56)47-36-37-55-54-29-15-16-31-57(54)62(58(55)41-47,51-24-9-3-10-25-51)52-26-11-4-12-27-52/h1-41H. The van der Waals surface area contributed by atoms with Gasteiger partial charge in [-0.15, -0.1) is 0 Å². The van der Waals surface area contributed by atoms with Crippen LogP contribution in [-0.2, 0) is 5.41 Å². The first-order chi connectivity index (χ1) is 32.2. The molecule has 3 heteroatoms. The average Bonchev–Trinajstić information content (AvgIpc) is 3.69. The summed E-state index contributed by atoms with van der Waals surface area (Å²) in [6.07, 6.45) is 0. The van der Waals surface area contributed by atoms with Crippen molar-refractivity contribution in [1.29, 1.82) is 0 Å². The lowest BCUT2D eigenvalue weighted by Crippen LogP contribution is -2.28. The summed E-state index contributed by atoms with van der Waals surface area (Å²) >= 11 is 0. The van der Waals surface area contributed by atoms with Gasteiger partial charge in [0.25, 0.3) is 0 Å². The van der Waals surface area contributed by atoms with Gasteiger partial charge in [0.15, 0.2) is 17.5 Å². The van der Waals surface area contributed by atoms with Gasteiger partial charge < -0.3 is 0 Å². The van der Waals surface area contributed by atoms with Crippen molar-refractivity contribution in [3.8, 4) is 78.7 Å². The first-order valence-corrected chi connectivity index (χ1v) is 22.2. The van der Waals surface area contributed by atoms with E-state index >= 15 is 0 Å². The lowest BCUT2D eigenvalue weighted by Gasteiger charge is -2.34. The number of rotatable bonds is 8. The molecule has 11 aromatic rings. The molecular formula is C62H41N3. The van der Waals surface area contributed by atoms with Crippen LogP contribution >= 0.6 is 0 Å². The van der Waals surface area contributed by atoms with Crippen molar-refractivity contribution >= 4 is 10.8 Å². The maximum absolute atomic E-state index is 5.34. The fourth-order valence-corrected chi connectivity index (χ4v) is 9.96. The highest BCUT2D eigenvalue weighted by atomic mass is 15.0. The molecule has 10 aromatic carbocycles. The first-order valence-electron chi connectivity index (χ1n) is 22.2. The molecule has 0 N–H and O–H groups in total. The molecule has 0 atom stereocenters. The Bertz CT molecular complexity index is 3410.